The summed E-state index contributed by atoms with van der Waals surface area (Å²) in [4.78, 5) is 12.5. The topological polar surface area (TPSA) is 26.3 Å². The van der Waals surface area contributed by atoms with Crippen molar-refractivity contribution in [1.82, 2.24) is 0 Å². The van der Waals surface area contributed by atoms with Gasteiger partial charge in [0.15, 0.2) is 5.78 Å². The highest BCUT2D eigenvalue weighted by Crippen LogP contribution is 2.40. The van der Waals surface area contributed by atoms with Crippen LogP contribution < -0.4 is 4.74 Å². The van der Waals surface area contributed by atoms with Crippen LogP contribution in [-0.2, 0) is 0 Å². The summed E-state index contributed by atoms with van der Waals surface area (Å²) < 4.78 is 5.42. The van der Waals surface area contributed by atoms with Crippen molar-refractivity contribution in [3.05, 3.63) is 65.7 Å². The first-order valence-electron chi connectivity index (χ1n) is 6.54. The van der Waals surface area contributed by atoms with Crippen LogP contribution in [0.15, 0.2) is 54.6 Å². The third-order valence-corrected chi connectivity index (χ3v) is 3.90. The third kappa shape index (κ3) is 1.36. The maximum absolute atomic E-state index is 12.5. The van der Waals surface area contributed by atoms with Crippen LogP contribution in [0.3, 0.4) is 0 Å². The lowest BCUT2D eigenvalue weighted by atomic mass is 10.00. The van der Waals surface area contributed by atoms with E-state index in [4.69, 9.17) is 4.74 Å². The second-order valence-electron chi connectivity index (χ2n) is 4.95. The highest BCUT2D eigenvalue weighted by atomic mass is 16.5. The molecule has 1 aliphatic rings. The van der Waals surface area contributed by atoms with Gasteiger partial charge in [0.05, 0.1) is 7.11 Å². The van der Waals surface area contributed by atoms with Gasteiger partial charge in [-0.05, 0) is 34.7 Å². The molecule has 0 fully saturated rings. The first kappa shape index (κ1) is 11.2. The van der Waals surface area contributed by atoms with E-state index in [1.807, 2.05) is 48.5 Å². The van der Waals surface area contributed by atoms with E-state index in [1.54, 1.807) is 7.11 Å². The van der Waals surface area contributed by atoms with Crippen LogP contribution in [0, 0.1) is 0 Å². The summed E-state index contributed by atoms with van der Waals surface area (Å²) in [6, 6.07) is 17.7. The zero-order valence-corrected chi connectivity index (χ0v) is 11.0. The molecular formula is C18H12O2. The molecule has 3 aromatic rings. The molecule has 0 saturated carbocycles. The second-order valence-corrected chi connectivity index (χ2v) is 4.95. The first-order chi connectivity index (χ1) is 9.79. The highest BCUT2D eigenvalue weighted by Gasteiger charge is 2.26. The molecule has 4 rings (SSSR count). The zero-order chi connectivity index (χ0) is 13.7. The molecular weight excluding hydrogens is 248 g/mol. The maximum Gasteiger partial charge on any atom is 0.194 e. The minimum atomic E-state index is 0.111. The first-order valence-corrected chi connectivity index (χ1v) is 6.54. The van der Waals surface area contributed by atoms with E-state index in [1.165, 1.54) is 0 Å². The van der Waals surface area contributed by atoms with Crippen molar-refractivity contribution >= 4 is 16.6 Å². The number of ether oxygens (including phenoxy) is 1. The quantitative estimate of drug-likeness (QED) is 0.516. The largest absolute Gasteiger partial charge is 0.496 e. The van der Waals surface area contributed by atoms with Gasteiger partial charge in [0.2, 0.25) is 0 Å². The van der Waals surface area contributed by atoms with Gasteiger partial charge in [0.1, 0.15) is 5.75 Å². The Kier molecular flexibility index (Phi) is 2.21. The van der Waals surface area contributed by atoms with Gasteiger partial charge in [-0.1, -0.05) is 36.4 Å². The number of hydrogen-bond donors (Lipinski definition) is 0. The molecule has 0 aromatic heterocycles. The summed E-state index contributed by atoms with van der Waals surface area (Å²) in [7, 11) is 1.67. The number of benzene rings is 3. The van der Waals surface area contributed by atoms with Crippen LogP contribution >= 0.6 is 0 Å². The van der Waals surface area contributed by atoms with Gasteiger partial charge in [0.25, 0.3) is 0 Å². The average Bonchev–Trinajstić information content (AvgIpc) is 2.78. The van der Waals surface area contributed by atoms with Crippen LogP contribution in [0.1, 0.15) is 15.9 Å². The molecule has 0 radical (unpaired) electrons. The summed E-state index contributed by atoms with van der Waals surface area (Å²) >= 11 is 0. The number of methoxy groups -OCH3 is 1. The predicted octanol–water partition coefficient (Wildman–Crippen LogP) is 4.06. The monoisotopic (exact) mass is 260 g/mol. The summed E-state index contributed by atoms with van der Waals surface area (Å²) in [6.45, 7) is 0. The van der Waals surface area contributed by atoms with Crippen LogP contribution in [0.4, 0.5) is 0 Å². The normalized spacial score (nSPS) is 12.3. The molecule has 0 atom stereocenters. The minimum absolute atomic E-state index is 0.111. The van der Waals surface area contributed by atoms with Crippen molar-refractivity contribution in [1.29, 1.82) is 0 Å². The van der Waals surface area contributed by atoms with E-state index in [9.17, 15) is 4.79 Å². The standard InChI is InChI=1S/C18H12O2/c1-20-17-8-4-5-11-9-16-15(10-14(11)17)12-6-2-3-7-13(12)18(16)19/h2-10H,1H3. The maximum atomic E-state index is 12.5. The molecule has 0 saturated heterocycles. The van der Waals surface area contributed by atoms with Crippen molar-refractivity contribution in [2.24, 2.45) is 0 Å². The Balaban J connectivity index is 2.11. The van der Waals surface area contributed by atoms with Gasteiger partial charge in [-0.2, -0.15) is 0 Å². The van der Waals surface area contributed by atoms with E-state index in [0.717, 1.165) is 38.8 Å². The fraction of sp³-hybridized carbons (Fsp3) is 0.0556. The lowest BCUT2D eigenvalue weighted by molar-refractivity contribution is 0.104. The van der Waals surface area contributed by atoms with Crippen molar-refractivity contribution in [3.8, 4) is 16.9 Å². The third-order valence-electron chi connectivity index (χ3n) is 3.90. The lowest BCUT2D eigenvalue weighted by Crippen LogP contribution is -1.95. The second kappa shape index (κ2) is 3.94. The number of ketones is 1. The molecule has 0 N–H and O–H groups in total. The Morgan fingerprint density at radius 1 is 0.800 bits per heavy atom. The minimum Gasteiger partial charge on any atom is -0.496 e. The van der Waals surface area contributed by atoms with Crippen LogP contribution in [0.5, 0.6) is 5.75 Å². The van der Waals surface area contributed by atoms with Gasteiger partial charge >= 0.3 is 0 Å². The number of fused-ring (bicyclic) bond motifs is 4. The Bertz CT molecular complexity index is 862. The fourth-order valence-corrected chi connectivity index (χ4v) is 2.95. The highest BCUT2D eigenvalue weighted by molar-refractivity contribution is 6.23. The van der Waals surface area contributed by atoms with Crippen LogP contribution in [0.2, 0.25) is 0 Å². The number of carbonyl (C=O) groups is 1. The molecule has 1 aliphatic carbocycles. The van der Waals surface area contributed by atoms with Gasteiger partial charge in [-0.25, -0.2) is 0 Å². The predicted molar refractivity (Wildman–Crippen MR) is 79.4 cm³/mol. The molecule has 0 bridgehead atoms. The van der Waals surface area contributed by atoms with E-state index in [0.29, 0.717) is 0 Å². The van der Waals surface area contributed by atoms with Crippen LogP contribution in [-0.4, -0.2) is 12.9 Å². The molecule has 0 heterocycles. The zero-order valence-electron chi connectivity index (χ0n) is 11.0. The van der Waals surface area contributed by atoms with E-state index in [-0.39, 0.29) is 5.78 Å². The molecule has 0 amide bonds. The Morgan fingerprint density at radius 2 is 1.60 bits per heavy atom. The van der Waals surface area contributed by atoms with Crippen molar-refractivity contribution < 1.29 is 9.53 Å². The summed E-state index contributed by atoms with van der Waals surface area (Å²) in [5.74, 6) is 0.947. The van der Waals surface area contributed by atoms with E-state index >= 15 is 0 Å². The van der Waals surface area contributed by atoms with Gasteiger partial charge in [0, 0.05) is 16.5 Å². The van der Waals surface area contributed by atoms with Gasteiger partial charge < -0.3 is 4.74 Å². The number of carbonyl (C=O) groups excluding carboxylic acids is 1. The Hall–Kier alpha value is -2.61. The Morgan fingerprint density at radius 3 is 2.40 bits per heavy atom. The molecule has 3 aromatic carbocycles. The molecule has 0 unspecified atom stereocenters. The Labute approximate surface area is 116 Å². The smallest absolute Gasteiger partial charge is 0.194 e. The summed E-state index contributed by atoms with van der Waals surface area (Å²) in [5.41, 5.74) is 3.59. The van der Waals surface area contributed by atoms with Crippen molar-refractivity contribution in [2.75, 3.05) is 7.11 Å². The summed E-state index contributed by atoms with van der Waals surface area (Å²) in [6.07, 6.45) is 0. The van der Waals surface area contributed by atoms with Crippen molar-refractivity contribution in [2.45, 2.75) is 0 Å². The SMILES string of the molecule is COc1cccc2cc3c(cc12)-c1ccccc1C3=O. The number of hydrogen-bond acceptors (Lipinski definition) is 2. The molecule has 96 valence electrons. The van der Waals surface area contributed by atoms with Gasteiger partial charge in [-0.3, -0.25) is 4.79 Å². The summed E-state index contributed by atoms with van der Waals surface area (Å²) in [5, 5.41) is 2.07. The molecule has 0 spiro atoms. The fourth-order valence-electron chi connectivity index (χ4n) is 2.95. The lowest BCUT2D eigenvalue weighted by Gasteiger charge is -2.07. The molecule has 0 aliphatic heterocycles. The van der Waals surface area contributed by atoms with Crippen LogP contribution in [0.25, 0.3) is 21.9 Å². The van der Waals surface area contributed by atoms with Crippen molar-refractivity contribution in [3.63, 3.8) is 0 Å². The average molecular weight is 260 g/mol. The van der Waals surface area contributed by atoms with E-state index < -0.39 is 0 Å². The molecule has 2 nitrogen and oxygen atoms in total. The van der Waals surface area contributed by atoms with E-state index in [2.05, 4.69) is 6.07 Å². The van der Waals surface area contributed by atoms with Gasteiger partial charge in [-0.15, -0.1) is 0 Å². The molecule has 2 heteroatoms. The molecule has 20 heavy (non-hydrogen) atoms. The number of rotatable bonds is 1.